The Morgan fingerprint density at radius 2 is 1.28 bits per heavy atom. The fourth-order valence-electron chi connectivity index (χ4n) is 1.95. The third kappa shape index (κ3) is 12.6. The molecule has 0 aromatic carbocycles. The molecular formula is C14H32O3Si. The minimum atomic E-state index is -1.40. The van der Waals surface area contributed by atoms with Crippen molar-refractivity contribution in [2.45, 2.75) is 64.3 Å². The van der Waals surface area contributed by atoms with Crippen molar-refractivity contribution in [3.63, 3.8) is 0 Å². The van der Waals surface area contributed by atoms with Crippen molar-refractivity contribution in [3.8, 4) is 0 Å². The van der Waals surface area contributed by atoms with Crippen LogP contribution in [0.3, 0.4) is 0 Å². The van der Waals surface area contributed by atoms with Gasteiger partial charge in [0.15, 0.2) is 0 Å². The molecule has 4 heteroatoms. The van der Waals surface area contributed by atoms with Crippen LogP contribution in [0.2, 0.25) is 6.04 Å². The van der Waals surface area contributed by atoms with E-state index in [1.165, 1.54) is 51.4 Å². The van der Waals surface area contributed by atoms with Gasteiger partial charge in [-0.15, -0.1) is 0 Å². The van der Waals surface area contributed by atoms with E-state index in [0.29, 0.717) is 0 Å². The van der Waals surface area contributed by atoms with Crippen molar-refractivity contribution >= 4 is 9.28 Å². The minimum Gasteiger partial charge on any atom is -0.400 e. The molecule has 0 saturated carbocycles. The summed E-state index contributed by atoms with van der Waals surface area (Å²) in [6.45, 7) is 3.94. The highest BCUT2D eigenvalue weighted by Crippen LogP contribution is 2.08. The Morgan fingerprint density at radius 3 is 1.83 bits per heavy atom. The summed E-state index contributed by atoms with van der Waals surface area (Å²) < 4.78 is 16.0. The fraction of sp³-hybridized carbons (Fsp3) is 1.00. The topological polar surface area (TPSA) is 27.7 Å². The normalized spacial score (nSPS) is 11.3. The number of unbranched alkanes of at least 4 members (excludes halogenated alkanes) is 7. The molecule has 0 N–H and O–H groups in total. The smallest absolute Gasteiger partial charge is 0.323 e. The van der Waals surface area contributed by atoms with Gasteiger partial charge < -0.3 is 13.6 Å². The number of hydrogen-bond donors (Lipinski definition) is 0. The van der Waals surface area contributed by atoms with E-state index in [2.05, 4.69) is 6.92 Å². The molecule has 0 rings (SSSR count). The molecule has 0 unspecified atom stereocenters. The van der Waals surface area contributed by atoms with E-state index in [9.17, 15) is 0 Å². The lowest BCUT2D eigenvalue weighted by Gasteiger charge is -2.10. The second-order valence-corrected chi connectivity index (χ2v) is 7.16. The zero-order valence-electron chi connectivity index (χ0n) is 12.6. The minimum absolute atomic E-state index is 0.787. The first-order chi connectivity index (χ1) is 8.85. The summed E-state index contributed by atoms with van der Waals surface area (Å²) >= 11 is 0. The predicted octanol–water partition coefficient (Wildman–Crippen LogP) is 3.66. The second-order valence-electron chi connectivity index (χ2n) is 4.78. The molecule has 0 fully saturated rings. The summed E-state index contributed by atoms with van der Waals surface area (Å²) in [7, 11) is 2.04. The molecule has 0 aliphatic carbocycles. The maximum atomic E-state index is 5.59. The lowest BCUT2D eigenvalue weighted by molar-refractivity contribution is 0.135. The van der Waals surface area contributed by atoms with E-state index in [1.807, 2.05) is 0 Å². The van der Waals surface area contributed by atoms with Crippen LogP contribution < -0.4 is 0 Å². The van der Waals surface area contributed by atoms with E-state index >= 15 is 0 Å². The van der Waals surface area contributed by atoms with Crippen LogP contribution >= 0.6 is 0 Å². The molecule has 0 aliphatic rings. The van der Waals surface area contributed by atoms with Crippen molar-refractivity contribution in [2.75, 3.05) is 27.4 Å². The van der Waals surface area contributed by atoms with Crippen LogP contribution in [-0.4, -0.2) is 36.7 Å². The zero-order valence-corrected chi connectivity index (χ0v) is 13.7. The molecule has 0 aliphatic heterocycles. The second kappa shape index (κ2) is 15.2. The van der Waals surface area contributed by atoms with Crippen LogP contribution in [0.15, 0.2) is 0 Å². The standard InChI is InChI=1S/C14H32O3Si/c1-4-5-6-7-8-9-10-11-12-17-13-14-18(15-2)16-3/h18H,4-14H2,1-3H3. The summed E-state index contributed by atoms with van der Waals surface area (Å²) in [5.41, 5.74) is 0. The third-order valence-electron chi connectivity index (χ3n) is 3.17. The van der Waals surface area contributed by atoms with Gasteiger partial charge >= 0.3 is 9.28 Å². The van der Waals surface area contributed by atoms with Crippen LogP contribution in [-0.2, 0) is 13.6 Å². The summed E-state index contributed by atoms with van der Waals surface area (Å²) in [6, 6.07) is 0.948. The molecule has 0 radical (unpaired) electrons. The lowest BCUT2D eigenvalue weighted by atomic mass is 10.1. The van der Waals surface area contributed by atoms with E-state index in [4.69, 9.17) is 13.6 Å². The Kier molecular flexibility index (Phi) is 15.2. The predicted molar refractivity (Wildman–Crippen MR) is 79.4 cm³/mol. The van der Waals surface area contributed by atoms with Gasteiger partial charge in [0, 0.05) is 33.5 Å². The van der Waals surface area contributed by atoms with Gasteiger partial charge in [-0.2, -0.15) is 0 Å². The molecule has 0 amide bonds. The average molecular weight is 276 g/mol. The first kappa shape index (κ1) is 18.1. The average Bonchev–Trinajstić information content (AvgIpc) is 2.40. The Bertz CT molecular complexity index is 152. The molecule has 0 aromatic heterocycles. The largest absolute Gasteiger partial charge is 0.400 e. The van der Waals surface area contributed by atoms with E-state index in [-0.39, 0.29) is 0 Å². The van der Waals surface area contributed by atoms with Crippen molar-refractivity contribution in [1.82, 2.24) is 0 Å². The van der Waals surface area contributed by atoms with Gasteiger partial charge in [0.1, 0.15) is 0 Å². The quantitative estimate of drug-likeness (QED) is 0.358. The maximum Gasteiger partial charge on any atom is 0.323 e. The highest BCUT2D eigenvalue weighted by atomic mass is 28.3. The van der Waals surface area contributed by atoms with E-state index in [1.54, 1.807) is 14.2 Å². The van der Waals surface area contributed by atoms with Crippen LogP contribution in [0.4, 0.5) is 0 Å². The molecular weight excluding hydrogens is 244 g/mol. The summed E-state index contributed by atoms with van der Waals surface area (Å²) in [5, 5.41) is 0. The summed E-state index contributed by atoms with van der Waals surface area (Å²) in [4.78, 5) is 0. The van der Waals surface area contributed by atoms with E-state index in [0.717, 1.165) is 19.3 Å². The fourth-order valence-corrected chi connectivity index (χ4v) is 2.97. The SMILES string of the molecule is CCCCCCCCCCOCC[SiH](OC)OC. The molecule has 0 spiro atoms. The Labute approximate surface area is 115 Å². The third-order valence-corrected chi connectivity index (χ3v) is 4.92. The van der Waals surface area contributed by atoms with Gasteiger partial charge in [-0.25, -0.2) is 0 Å². The van der Waals surface area contributed by atoms with Gasteiger partial charge in [-0.3, -0.25) is 0 Å². The zero-order chi connectivity index (χ0) is 13.5. The van der Waals surface area contributed by atoms with Crippen molar-refractivity contribution in [3.05, 3.63) is 0 Å². The van der Waals surface area contributed by atoms with Crippen LogP contribution in [0.5, 0.6) is 0 Å². The van der Waals surface area contributed by atoms with Gasteiger partial charge in [0.2, 0.25) is 0 Å². The van der Waals surface area contributed by atoms with Gasteiger partial charge in [0.05, 0.1) is 0 Å². The Hall–Kier alpha value is 0.0969. The Morgan fingerprint density at radius 1 is 0.722 bits per heavy atom. The molecule has 0 saturated heterocycles. The molecule has 110 valence electrons. The van der Waals surface area contributed by atoms with Gasteiger partial charge in [-0.1, -0.05) is 51.9 Å². The monoisotopic (exact) mass is 276 g/mol. The molecule has 0 heterocycles. The molecule has 3 nitrogen and oxygen atoms in total. The number of rotatable bonds is 14. The first-order valence-corrected chi connectivity index (χ1v) is 9.24. The number of hydrogen-bond acceptors (Lipinski definition) is 3. The summed E-state index contributed by atoms with van der Waals surface area (Å²) in [5.74, 6) is 0. The van der Waals surface area contributed by atoms with Gasteiger partial charge in [-0.05, 0) is 6.42 Å². The van der Waals surface area contributed by atoms with E-state index < -0.39 is 9.28 Å². The maximum absolute atomic E-state index is 5.59. The van der Waals surface area contributed by atoms with Gasteiger partial charge in [0.25, 0.3) is 0 Å². The first-order valence-electron chi connectivity index (χ1n) is 7.48. The number of ether oxygens (including phenoxy) is 1. The molecule has 18 heavy (non-hydrogen) atoms. The van der Waals surface area contributed by atoms with Crippen molar-refractivity contribution in [1.29, 1.82) is 0 Å². The lowest BCUT2D eigenvalue weighted by Crippen LogP contribution is -2.20. The van der Waals surface area contributed by atoms with Crippen LogP contribution in [0.1, 0.15) is 58.3 Å². The highest BCUT2D eigenvalue weighted by Gasteiger charge is 2.08. The molecule has 0 atom stereocenters. The molecule has 0 bridgehead atoms. The highest BCUT2D eigenvalue weighted by molar-refractivity contribution is 6.44. The van der Waals surface area contributed by atoms with Crippen LogP contribution in [0.25, 0.3) is 0 Å². The van der Waals surface area contributed by atoms with Crippen LogP contribution in [0, 0.1) is 0 Å². The Balaban J connectivity index is 3.03. The summed E-state index contributed by atoms with van der Waals surface area (Å²) in [6.07, 6.45) is 10.8. The van der Waals surface area contributed by atoms with Crippen molar-refractivity contribution in [2.24, 2.45) is 0 Å². The molecule has 0 aromatic rings. The van der Waals surface area contributed by atoms with Crippen molar-refractivity contribution < 1.29 is 13.6 Å².